The van der Waals surface area contributed by atoms with Crippen molar-refractivity contribution in [1.82, 2.24) is 5.32 Å². The van der Waals surface area contributed by atoms with Crippen molar-refractivity contribution in [2.45, 2.75) is 32.7 Å². The van der Waals surface area contributed by atoms with Gasteiger partial charge < -0.3 is 9.84 Å². The summed E-state index contributed by atoms with van der Waals surface area (Å²) in [5, 5.41) is 3.49. The molecule has 0 unspecified atom stereocenters. The second-order valence-electron chi connectivity index (χ2n) is 4.88. The van der Waals surface area contributed by atoms with Crippen molar-refractivity contribution in [1.29, 1.82) is 0 Å². The van der Waals surface area contributed by atoms with E-state index in [9.17, 15) is 9.36 Å². The van der Waals surface area contributed by atoms with Crippen LogP contribution in [0.3, 0.4) is 0 Å². The maximum Gasteiger partial charge on any atom is 0.254 e. The lowest BCUT2D eigenvalue weighted by Gasteiger charge is -2.37. The maximum absolute atomic E-state index is 13.1. The zero-order valence-electron chi connectivity index (χ0n) is 10.8. The number of hydrogen-bond donors (Lipinski definition) is 1. The number of hydrogen-bond acceptors (Lipinski definition) is 3. The van der Waals surface area contributed by atoms with Crippen LogP contribution in [0.5, 0.6) is 0 Å². The van der Waals surface area contributed by atoms with E-state index in [2.05, 4.69) is 5.32 Å². The minimum atomic E-state index is -3.06. The van der Waals surface area contributed by atoms with E-state index < -0.39 is 19.3 Å². The van der Waals surface area contributed by atoms with Crippen LogP contribution in [0.15, 0.2) is 30.3 Å². The third kappa shape index (κ3) is 2.23. The van der Waals surface area contributed by atoms with Gasteiger partial charge in [-0.05, 0) is 25.0 Å². The molecule has 1 aliphatic heterocycles. The smallest absolute Gasteiger partial charge is 0.254 e. The minimum Gasteiger partial charge on any atom is -0.341 e. The molecule has 1 aromatic carbocycles. The van der Waals surface area contributed by atoms with Gasteiger partial charge in [-0.15, -0.1) is 0 Å². The molecule has 1 N–H and O–H groups in total. The number of rotatable bonds is 2. The van der Waals surface area contributed by atoms with Crippen molar-refractivity contribution in [2.24, 2.45) is 5.92 Å². The van der Waals surface area contributed by atoms with Gasteiger partial charge in [-0.1, -0.05) is 32.0 Å². The molecule has 2 rings (SSSR count). The largest absolute Gasteiger partial charge is 0.341 e. The van der Waals surface area contributed by atoms with Gasteiger partial charge in [0.2, 0.25) is 5.91 Å². The van der Waals surface area contributed by atoms with E-state index in [0.29, 0.717) is 5.30 Å². The standard InChI is InChI=1S/C13H18NO3P/c1-9(2)13-14-12(15)10(3)17-18(13,16)11-7-5-4-6-8-11/h4-10,13H,1-3H3,(H,14,15)/t10-,13+,18-/m0/s1. The fourth-order valence-corrected chi connectivity index (χ4v) is 4.92. The van der Waals surface area contributed by atoms with Crippen LogP contribution >= 0.6 is 7.37 Å². The van der Waals surface area contributed by atoms with Crippen molar-refractivity contribution in [3.8, 4) is 0 Å². The molecule has 0 aliphatic carbocycles. The zero-order valence-corrected chi connectivity index (χ0v) is 11.7. The molecule has 18 heavy (non-hydrogen) atoms. The van der Waals surface area contributed by atoms with Crippen LogP contribution in [0.2, 0.25) is 0 Å². The van der Waals surface area contributed by atoms with E-state index >= 15 is 0 Å². The Morgan fingerprint density at radius 3 is 2.44 bits per heavy atom. The summed E-state index contributed by atoms with van der Waals surface area (Å²) in [6.07, 6.45) is -0.675. The molecule has 1 aliphatic rings. The summed E-state index contributed by atoms with van der Waals surface area (Å²) in [7, 11) is -3.06. The fraction of sp³-hybridized carbons (Fsp3) is 0.462. The van der Waals surface area contributed by atoms with Crippen molar-refractivity contribution < 1.29 is 13.9 Å². The van der Waals surface area contributed by atoms with Crippen molar-refractivity contribution >= 4 is 18.6 Å². The molecule has 1 fully saturated rings. The van der Waals surface area contributed by atoms with Crippen LogP contribution in [-0.2, 0) is 13.9 Å². The lowest BCUT2D eigenvalue weighted by Crippen LogP contribution is -2.50. The molecular formula is C13H18NO3P. The van der Waals surface area contributed by atoms with E-state index in [0.717, 1.165) is 0 Å². The van der Waals surface area contributed by atoms with E-state index in [4.69, 9.17) is 4.52 Å². The molecule has 5 heteroatoms. The Morgan fingerprint density at radius 1 is 1.28 bits per heavy atom. The van der Waals surface area contributed by atoms with Gasteiger partial charge in [0.15, 0.2) is 0 Å². The van der Waals surface area contributed by atoms with Gasteiger partial charge >= 0.3 is 0 Å². The lowest BCUT2D eigenvalue weighted by atomic mass is 10.2. The molecule has 0 spiro atoms. The van der Waals surface area contributed by atoms with Gasteiger partial charge in [-0.25, -0.2) is 0 Å². The Morgan fingerprint density at radius 2 is 1.89 bits per heavy atom. The Hall–Kier alpha value is -1.12. The minimum absolute atomic E-state index is 0.0486. The SMILES string of the molecule is CC(C)[C@@H]1NC(=O)[C@H](C)O[P@@]1(=O)c1ccccc1. The first kappa shape index (κ1) is 13.3. The summed E-state index contributed by atoms with van der Waals surface area (Å²) in [6.45, 7) is 5.49. The molecule has 0 bridgehead atoms. The maximum atomic E-state index is 13.1. The van der Waals surface area contributed by atoms with Crippen LogP contribution < -0.4 is 10.6 Å². The average Bonchev–Trinajstić information content (AvgIpc) is 2.34. The van der Waals surface area contributed by atoms with E-state index in [1.807, 2.05) is 32.0 Å². The highest BCUT2D eigenvalue weighted by Gasteiger charge is 2.45. The summed E-state index contributed by atoms with van der Waals surface area (Å²) in [5.74, 6) is -0.604. The molecule has 0 radical (unpaired) electrons. The van der Waals surface area contributed by atoms with Gasteiger partial charge in [0.05, 0.1) is 0 Å². The van der Waals surface area contributed by atoms with E-state index in [1.165, 1.54) is 0 Å². The highest BCUT2D eigenvalue weighted by atomic mass is 31.2. The van der Waals surface area contributed by atoms with Crippen molar-refractivity contribution in [3.63, 3.8) is 0 Å². The first-order valence-corrected chi connectivity index (χ1v) is 7.78. The molecular weight excluding hydrogens is 249 g/mol. The number of nitrogens with one attached hydrogen (secondary N) is 1. The molecule has 4 nitrogen and oxygen atoms in total. The van der Waals surface area contributed by atoms with Crippen LogP contribution in [-0.4, -0.2) is 17.8 Å². The van der Waals surface area contributed by atoms with Crippen LogP contribution in [0.1, 0.15) is 20.8 Å². The Bertz CT molecular complexity index is 486. The van der Waals surface area contributed by atoms with Crippen molar-refractivity contribution in [2.75, 3.05) is 0 Å². The fourth-order valence-electron chi connectivity index (χ4n) is 2.11. The van der Waals surface area contributed by atoms with Crippen LogP contribution in [0.4, 0.5) is 0 Å². The van der Waals surface area contributed by atoms with Gasteiger partial charge in [0.1, 0.15) is 11.9 Å². The molecule has 3 atom stereocenters. The molecule has 1 aromatic rings. The molecule has 98 valence electrons. The molecule has 0 aromatic heterocycles. The normalized spacial score (nSPS) is 32.3. The summed E-state index contributed by atoms with van der Waals surface area (Å²) in [6, 6.07) is 9.11. The van der Waals surface area contributed by atoms with E-state index in [-0.39, 0.29) is 11.8 Å². The lowest BCUT2D eigenvalue weighted by molar-refractivity contribution is -0.129. The van der Waals surface area contributed by atoms with E-state index in [1.54, 1.807) is 19.1 Å². The predicted molar refractivity (Wildman–Crippen MR) is 71.0 cm³/mol. The van der Waals surface area contributed by atoms with Gasteiger partial charge in [0, 0.05) is 5.30 Å². The number of carbonyl (C=O) groups is 1. The van der Waals surface area contributed by atoms with Crippen molar-refractivity contribution in [3.05, 3.63) is 30.3 Å². The van der Waals surface area contributed by atoms with Gasteiger partial charge in [-0.2, -0.15) is 0 Å². The monoisotopic (exact) mass is 267 g/mol. The zero-order chi connectivity index (χ0) is 13.3. The first-order valence-electron chi connectivity index (χ1n) is 6.09. The molecule has 1 amide bonds. The average molecular weight is 267 g/mol. The molecule has 1 heterocycles. The number of carbonyl (C=O) groups excluding carboxylic acids is 1. The van der Waals surface area contributed by atoms with Crippen LogP contribution in [0.25, 0.3) is 0 Å². The van der Waals surface area contributed by atoms with Gasteiger partial charge in [-0.3, -0.25) is 9.36 Å². The molecule has 0 saturated carbocycles. The quantitative estimate of drug-likeness (QED) is 0.835. The highest BCUT2D eigenvalue weighted by molar-refractivity contribution is 7.67. The summed E-state index contributed by atoms with van der Waals surface area (Å²) in [4.78, 5) is 11.7. The third-order valence-electron chi connectivity index (χ3n) is 3.09. The second-order valence-corrected chi connectivity index (χ2v) is 7.36. The number of benzene rings is 1. The summed E-state index contributed by atoms with van der Waals surface area (Å²) < 4.78 is 18.7. The van der Waals surface area contributed by atoms with Gasteiger partial charge in [0.25, 0.3) is 7.37 Å². The second kappa shape index (κ2) is 4.87. The first-order chi connectivity index (χ1) is 8.45. The Kier molecular flexibility index (Phi) is 3.60. The summed E-state index contributed by atoms with van der Waals surface area (Å²) >= 11 is 0. The molecule has 1 saturated heterocycles. The highest BCUT2D eigenvalue weighted by Crippen LogP contribution is 2.55. The summed E-state index contributed by atoms with van der Waals surface area (Å²) in [5.41, 5.74) is 0. The third-order valence-corrected chi connectivity index (χ3v) is 6.19. The Balaban J connectivity index is 2.45. The Labute approximate surface area is 107 Å². The number of amides is 1. The van der Waals surface area contributed by atoms with Crippen LogP contribution in [0, 0.1) is 5.92 Å². The topological polar surface area (TPSA) is 55.4 Å². The predicted octanol–water partition coefficient (Wildman–Crippen LogP) is 2.11.